The molecule has 2 aromatic carbocycles. The highest BCUT2D eigenvalue weighted by molar-refractivity contribution is 7.89. The first kappa shape index (κ1) is 13.7. The van der Waals surface area contributed by atoms with Gasteiger partial charge < -0.3 is 5.11 Å². The molecule has 1 heterocycles. The number of carbonyl (C=O) groups is 1. The predicted molar refractivity (Wildman–Crippen MR) is 76.0 cm³/mol. The number of primary sulfonamides is 1. The van der Waals surface area contributed by atoms with Crippen molar-refractivity contribution in [3.8, 4) is 0 Å². The van der Waals surface area contributed by atoms with Crippen LogP contribution in [0.5, 0.6) is 0 Å². The van der Waals surface area contributed by atoms with Crippen LogP contribution in [0, 0.1) is 0 Å². The third-order valence-electron chi connectivity index (χ3n) is 3.36. The summed E-state index contributed by atoms with van der Waals surface area (Å²) >= 11 is 0. The van der Waals surface area contributed by atoms with Gasteiger partial charge in [0.2, 0.25) is 10.0 Å². The number of benzene rings is 2. The molecule has 1 amide bonds. The maximum absolute atomic E-state index is 12.4. The number of hydrogen-bond acceptors (Lipinski definition) is 4. The van der Waals surface area contributed by atoms with Crippen LogP contribution in [0.15, 0.2) is 53.4 Å². The third-order valence-corrected chi connectivity index (χ3v) is 4.27. The van der Waals surface area contributed by atoms with Crippen LogP contribution in [0.25, 0.3) is 0 Å². The summed E-state index contributed by atoms with van der Waals surface area (Å²) in [5.74, 6) is -0.385. The van der Waals surface area contributed by atoms with Gasteiger partial charge in [-0.1, -0.05) is 24.3 Å². The zero-order chi connectivity index (χ0) is 15.2. The highest BCUT2D eigenvalue weighted by atomic mass is 32.2. The molecule has 0 aromatic heterocycles. The summed E-state index contributed by atoms with van der Waals surface area (Å²) in [6.07, 6.45) is -1.15. The second-order valence-corrected chi connectivity index (χ2v) is 6.24. The van der Waals surface area contributed by atoms with Crippen molar-refractivity contribution in [2.24, 2.45) is 5.14 Å². The number of nitrogens with two attached hydrogens (primary N) is 1. The molecule has 0 spiro atoms. The van der Waals surface area contributed by atoms with Crippen molar-refractivity contribution in [2.75, 3.05) is 4.90 Å². The van der Waals surface area contributed by atoms with E-state index < -0.39 is 16.3 Å². The Kier molecular flexibility index (Phi) is 3.05. The number of sulfonamides is 1. The van der Waals surface area contributed by atoms with Crippen molar-refractivity contribution in [2.45, 2.75) is 11.1 Å². The minimum Gasteiger partial charge on any atom is -0.369 e. The Morgan fingerprint density at radius 1 is 1.10 bits per heavy atom. The molecule has 1 aliphatic heterocycles. The van der Waals surface area contributed by atoms with Crippen LogP contribution >= 0.6 is 0 Å². The van der Waals surface area contributed by atoms with Crippen LogP contribution in [0.3, 0.4) is 0 Å². The summed E-state index contributed by atoms with van der Waals surface area (Å²) in [4.78, 5) is 13.4. The fourth-order valence-electron chi connectivity index (χ4n) is 2.37. The van der Waals surface area contributed by atoms with Gasteiger partial charge in [-0.2, -0.15) is 0 Å². The van der Waals surface area contributed by atoms with Crippen molar-refractivity contribution in [1.29, 1.82) is 0 Å². The van der Waals surface area contributed by atoms with Crippen LogP contribution in [-0.4, -0.2) is 19.4 Å². The van der Waals surface area contributed by atoms with Gasteiger partial charge in [-0.25, -0.2) is 13.6 Å². The number of anilines is 1. The van der Waals surface area contributed by atoms with Gasteiger partial charge in [-0.3, -0.25) is 9.69 Å². The van der Waals surface area contributed by atoms with Gasteiger partial charge in [-0.05, 0) is 24.3 Å². The number of carbonyl (C=O) groups excluding carboxylic acids is 1. The summed E-state index contributed by atoms with van der Waals surface area (Å²) in [6.45, 7) is 0. The molecule has 0 bridgehead atoms. The van der Waals surface area contributed by atoms with Gasteiger partial charge in [0.1, 0.15) is 0 Å². The van der Waals surface area contributed by atoms with Gasteiger partial charge in [0.05, 0.1) is 4.90 Å². The maximum atomic E-state index is 12.4. The molecule has 1 atom stereocenters. The number of aliphatic hydroxyl groups excluding tert-OH is 1. The van der Waals surface area contributed by atoms with E-state index in [2.05, 4.69) is 0 Å². The first-order valence-electron chi connectivity index (χ1n) is 6.13. The number of aliphatic hydroxyl groups is 1. The van der Waals surface area contributed by atoms with Crippen molar-refractivity contribution in [3.63, 3.8) is 0 Å². The largest absolute Gasteiger partial charge is 0.369 e. The zero-order valence-electron chi connectivity index (χ0n) is 10.8. The van der Waals surface area contributed by atoms with Crippen LogP contribution in [0.4, 0.5) is 5.69 Å². The van der Waals surface area contributed by atoms with E-state index >= 15 is 0 Å². The summed E-state index contributed by atoms with van der Waals surface area (Å²) in [6, 6.07) is 12.3. The van der Waals surface area contributed by atoms with Gasteiger partial charge in [0.25, 0.3) is 5.91 Å². The van der Waals surface area contributed by atoms with Crippen LogP contribution < -0.4 is 10.0 Å². The first-order chi connectivity index (χ1) is 9.89. The molecule has 0 saturated carbocycles. The molecule has 108 valence electrons. The third kappa shape index (κ3) is 2.21. The van der Waals surface area contributed by atoms with Gasteiger partial charge in [0, 0.05) is 16.8 Å². The van der Waals surface area contributed by atoms with Crippen molar-refractivity contribution in [3.05, 3.63) is 59.7 Å². The first-order valence-corrected chi connectivity index (χ1v) is 7.67. The Bertz CT molecular complexity index is 832. The zero-order valence-corrected chi connectivity index (χ0v) is 11.6. The smallest absolute Gasteiger partial charge is 0.261 e. The molecule has 3 rings (SSSR count). The Morgan fingerprint density at radius 2 is 1.81 bits per heavy atom. The van der Waals surface area contributed by atoms with E-state index in [9.17, 15) is 18.3 Å². The number of nitrogens with zero attached hydrogens (tertiary/aromatic N) is 1. The lowest BCUT2D eigenvalue weighted by atomic mass is 10.1. The Hall–Kier alpha value is -2.22. The Balaban J connectivity index is 2.09. The van der Waals surface area contributed by atoms with E-state index in [4.69, 9.17) is 5.14 Å². The molecule has 0 aliphatic carbocycles. The number of amides is 1. The van der Waals surface area contributed by atoms with Crippen molar-refractivity contribution in [1.82, 2.24) is 0 Å². The van der Waals surface area contributed by atoms with Crippen LogP contribution in [0.2, 0.25) is 0 Å². The van der Waals surface area contributed by atoms with E-state index in [0.717, 1.165) is 4.90 Å². The standard InChI is InChI=1S/C14H12N2O4S/c15-21(19,20)10-5-3-4-9(8-10)16-13(17)11-6-1-2-7-12(11)14(16)18/h1-8,13,17H,(H2,15,19,20). The monoisotopic (exact) mass is 304 g/mol. The fraction of sp³-hybridized carbons (Fsp3) is 0.0714. The minimum absolute atomic E-state index is 0.115. The normalized spacial score (nSPS) is 17.9. The molecule has 1 aliphatic rings. The molecule has 1 unspecified atom stereocenters. The van der Waals surface area contributed by atoms with E-state index in [0.29, 0.717) is 11.1 Å². The lowest BCUT2D eigenvalue weighted by molar-refractivity contribution is 0.0935. The summed E-state index contributed by atoms with van der Waals surface area (Å²) in [5.41, 5.74) is 1.16. The number of fused-ring (bicyclic) bond motifs is 1. The maximum Gasteiger partial charge on any atom is 0.261 e. The lowest BCUT2D eigenvalue weighted by Crippen LogP contribution is -2.27. The summed E-state index contributed by atoms with van der Waals surface area (Å²) in [7, 11) is -3.88. The fourth-order valence-corrected chi connectivity index (χ4v) is 2.92. The average Bonchev–Trinajstić information content (AvgIpc) is 2.71. The lowest BCUT2D eigenvalue weighted by Gasteiger charge is -2.21. The molecular weight excluding hydrogens is 292 g/mol. The molecule has 6 nitrogen and oxygen atoms in total. The molecule has 0 radical (unpaired) electrons. The highest BCUT2D eigenvalue weighted by Crippen LogP contribution is 2.36. The molecule has 0 fully saturated rings. The van der Waals surface area contributed by atoms with E-state index in [1.807, 2.05) is 0 Å². The Morgan fingerprint density at radius 3 is 2.48 bits per heavy atom. The topological polar surface area (TPSA) is 101 Å². The van der Waals surface area contributed by atoms with Crippen molar-refractivity contribution >= 4 is 21.6 Å². The van der Waals surface area contributed by atoms with Crippen molar-refractivity contribution < 1.29 is 18.3 Å². The minimum atomic E-state index is -3.88. The predicted octanol–water partition coefficient (Wildman–Crippen LogP) is 0.985. The van der Waals surface area contributed by atoms with Crippen LogP contribution in [0.1, 0.15) is 22.1 Å². The average molecular weight is 304 g/mol. The molecule has 2 aromatic rings. The summed E-state index contributed by atoms with van der Waals surface area (Å²) < 4.78 is 22.8. The molecule has 7 heteroatoms. The highest BCUT2D eigenvalue weighted by Gasteiger charge is 2.36. The van der Waals surface area contributed by atoms with E-state index in [1.165, 1.54) is 18.2 Å². The second-order valence-electron chi connectivity index (χ2n) is 4.68. The van der Waals surface area contributed by atoms with Gasteiger partial charge >= 0.3 is 0 Å². The molecule has 21 heavy (non-hydrogen) atoms. The summed E-state index contributed by atoms with van der Waals surface area (Å²) in [5, 5.41) is 15.4. The molecule has 3 N–H and O–H groups in total. The quantitative estimate of drug-likeness (QED) is 0.863. The van der Waals surface area contributed by atoms with E-state index in [-0.39, 0.29) is 16.5 Å². The Labute approximate surface area is 121 Å². The molecular formula is C14H12N2O4S. The van der Waals surface area contributed by atoms with Gasteiger partial charge in [0.15, 0.2) is 6.23 Å². The van der Waals surface area contributed by atoms with Gasteiger partial charge in [-0.15, -0.1) is 0 Å². The second kappa shape index (κ2) is 4.66. The SMILES string of the molecule is NS(=O)(=O)c1cccc(N2C(=O)c3ccccc3C2O)c1. The number of hydrogen-bond donors (Lipinski definition) is 2. The van der Waals surface area contributed by atoms with E-state index in [1.54, 1.807) is 30.3 Å². The van der Waals surface area contributed by atoms with Crippen LogP contribution in [-0.2, 0) is 10.0 Å². The number of rotatable bonds is 2. The molecule has 0 saturated heterocycles.